The molecule has 3 aliphatic rings. The number of carbonyl (C=O) groups excluding carboxylic acids is 1. The number of nitrogens with one attached hydrogen (secondary N) is 1. The number of nitrogens with zero attached hydrogens (tertiary/aromatic N) is 3. The average molecular weight is 543 g/mol. The number of aromatic nitrogens is 2. The molecule has 0 radical (unpaired) electrons. The van der Waals surface area contributed by atoms with Crippen molar-refractivity contribution < 1.29 is 22.4 Å². The second kappa shape index (κ2) is 9.34. The molecule has 6 nitrogen and oxygen atoms in total. The lowest BCUT2D eigenvalue weighted by atomic mass is 9.62. The van der Waals surface area contributed by atoms with Crippen molar-refractivity contribution in [2.45, 2.75) is 51.0 Å². The molecule has 2 heterocycles. The number of anilines is 1. The van der Waals surface area contributed by atoms with Gasteiger partial charge in [0, 0.05) is 24.8 Å². The molecule has 1 amide bonds. The second-order valence-electron chi connectivity index (χ2n) is 11.8. The SMILES string of the molecule is CN(CC(F)F)c1ccc2c(=O)c(C(=O)NC3(C)CC4CC5CC(C3)C5C4)cn(-c3ccc(F)cc3F)c2n1. The largest absolute Gasteiger partial charge is 0.354 e. The van der Waals surface area contributed by atoms with Crippen LogP contribution in [-0.4, -0.2) is 41.0 Å². The Balaban J connectivity index is 1.43. The minimum atomic E-state index is -2.62. The summed E-state index contributed by atoms with van der Waals surface area (Å²) in [4.78, 5) is 32.8. The summed E-state index contributed by atoms with van der Waals surface area (Å²) in [6.45, 7) is 1.43. The number of fused-ring (bicyclic) bond motifs is 2. The highest BCUT2D eigenvalue weighted by atomic mass is 19.3. The molecule has 10 heteroatoms. The Morgan fingerprint density at radius 1 is 1.15 bits per heavy atom. The fourth-order valence-corrected chi connectivity index (χ4v) is 7.37. The van der Waals surface area contributed by atoms with Crippen molar-refractivity contribution in [2.75, 3.05) is 18.5 Å². The fourth-order valence-electron chi connectivity index (χ4n) is 7.37. The van der Waals surface area contributed by atoms with Crippen LogP contribution in [0.15, 0.2) is 41.3 Å². The van der Waals surface area contributed by atoms with Gasteiger partial charge in [0.1, 0.15) is 23.0 Å². The average Bonchev–Trinajstić information content (AvgIpc) is 3.11. The van der Waals surface area contributed by atoms with Gasteiger partial charge >= 0.3 is 0 Å². The minimum absolute atomic E-state index is 0.0208. The van der Waals surface area contributed by atoms with Crippen LogP contribution in [0.4, 0.5) is 23.4 Å². The van der Waals surface area contributed by atoms with Gasteiger partial charge in [-0.1, -0.05) is 0 Å². The molecule has 3 aromatic rings. The zero-order valence-corrected chi connectivity index (χ0v) is 21.8. The summed E-state index contributed by atoms with van der Waals surface area (Å²) in [5, 5.41) is 3.15. The molecule has 5 atom stereocenters. The molecule has 206 valence electrons. The summed E-state index contributed by atoms with van der Waals surface area (Å²) >= 11 is 0. The lowest BCUT2D eigenvalue weighted by Gasteiger charge is -2.46. The van der Waals surface area contributed by atoms with E-state index in [0.29, 0.717) is 17.9 Å². The number of pyridine rings is 2. The summed E-state index contributed by atoms with van der Waals surface area (Å²) in [7, 11) is 1.42. The van der Waals surface area contributed by atoms with Crippen molar-refractivity contribution in [1.82, 2.24) is 14.9 Å². The van der Waals surface area contributed by atoms with Crippen molar-refractivity contribution >= 4 is 22.8 Å². The maximum Gasteiger partial charge on any atom is 0.257 e. The molecular weight excluding hydrogens is 512 g/mol. The number of alkyl halides is 2. The Kier molecular flexibility index (Phi) is 6.19. The Morgan fingerprint density at radius 2 is 1.95 bits per heavy atom. The van der Waals surface area contributed by atoms with E-state index in [1.54, 1.807) is 0 Å². The first-order valence-electron chi connectivity index (χ1n) is 13.3. The van der Waals surface area contributed by atoms with Gasteiger partial charge in [-0.15, -0.1) is 0 Å². The summed E-state index contributed by atoms with van der Waals surface area (Å²) in [6, 6.07) is 5.75. The Morgan fingerprint density at radius 3 is 2.69 bits per heavy atom. The quantitative estimate of drug-likeness (QED) is 0.429. The summed E-state index contributed by atoms with van der Waals surface area (Å²) in [6.07, 6.45) is 3.86. The van der Waals surface area contributed by atoms with Gasteiger partial charge in [-0.05, 0) is 87.0 Å². The van der Waals surface area contributed by atoms with Crippen LogP contribution in [0, 0.1) is 35.3 Å². The van der Waals surface area contributed by atoms with E-state index >= 15 is 0 Å². The maximum absolute atomic E-state index is 15.0. The van der Waals surface area contributed by atoms with Gasteiger partial charge in [-0.25, -0.2) is 22.5 Å². The molecule has 6 rings (SSSR count). The van der Waals surface area contributed by atoms with Crippen molar-refractivity contribution in [2.24, 2.45) is 23.7 Å². The Bertz CT molecular complexity index is 1520. The van der Waals surface area contributed by atoms with Crippen molar-refractivity contribution in [1.29, 1.82) is 0 Å². The molecule has 3 aliphatic carbocycles. The molecule has 2 aromatic heterocycles. The van der Waals surface area contributed by atoms with E-state index in [0.717, 1.165) is 30.7 Å². The topological polar surface area (TPSA) is 67.2 Å². The number of rotatable bonds is 6. The van der Waals surface area contributed by atoms with E-state index in [1.165, 1.54) is 60.2 Å². The molecule has 0 spiro atoms. The smallest absolute Gasteiger partial charge is 0.257 e. The monoisotopic (exact) mass is 542 g/mol. The van der Waals surface area contributed by atoms with Gasteiger partial charge in [0.05, 0.1) is 17.6 Å². The van der Waals surface area contributed by atoms with Crippen LogP contribution >= 0.6 is 0 Å². The van der Waals surface area contributed by atoms with Crippen LogP contribution in [0.25, 0.3) is 16.7 Å². The minimum Gasteiger partial charge on any atom is -0.354 e. The number of benzene rings is 1. The highest BCUT2D eigenvalue weighted by Crippen LogP contribution is 2.60. The normalized spacial score (nSPS) is 27.4. The molecule has 2 bridgehead atoms. The third kappa shape index (κ3) is 4.57. The first kappa shape index (κ1) is 25.8. The number of amides is 1. The zero-order chi connectivity index (χ0) is 27.6. The zero-order valence-electron chi connectivity index (χ0n) is 21.8. The number of hydrogen-bond acceptors (Lipinski definition) is 4. The van der Waals surface area contributed by atoms with E-state index in [4.69, 9.17) is 0 Å². The second-order valence-corrected chi connectivity index (χ2v) is 11.8. The highest BCUT2D eigenvalue weighted by Gasteiger charge is 2.53. The van der Waals surface area contributed by atoms with E-state index in [-0.39, 0.29) is 28.1 Å². The third-order valence-corrected chi connectivity index (χ3v) is 8.98. The van der Waals surface area contributed by atoms with Crippen molar-refractivity contribution in [3.05, 3.63) is 63.9 Å². The Hall–Kier alpha value is -3.43. The molecule has 3 fully saturated rings. The van der Waals surface area contributed by atoms with Crippen LogP contribution in [0.3, 0.4) is 0 Å². The standard InChI is InChI=1S/C29H30F4N4O2/c1-29(11-15-7-16-9-17(12-29)20(16)8-15)35-28(39)21-13-37(23-5-3-18(30)10-22(23)31)27-19(26(21)38)4-6-25(34-27)36(2)14-24(32)33/h3-6,10,13,15-17,20,24H,7-9,11-12,14H2,1-2H3,(H,35,39). The van der Waals surface area contributed by atoms with E-state index in [2.05, 4.69) is 10.3 Å². The van der Waals surface area contributed by atoms with E-state index in [9.17, 15) is 27.2 Å². The maximum atomic E-state index is 15.0. The van der Waals surface area contributed by atoms with Crippen molar-refractivity contribution in [3.63, 3.8) is 0 Å². The van der Waals surface area contributed by atoms with Crippen LogP contribution in [-0.2, 0) is 0 Å². The molecule has 39 heavy (non-hydrogen) atoms. The summed E-state index contributed by atoms with van der Waals surface area (Å²) in [5.41, 5.74) is -1.42. The van der Waals surface area contributed by atoms with E-state index < -0.39 is 41.5 Å². The van der Waals surface area contributed by atoms with Gasteiger partial charge in [0.15, 0.2) is 5.65 Å². The molecule has 5 unspecified atom stereocenters. The third-order valence-electron chi connectivity index (χ3n) is 8.98. The molecule has 1 N–H and O–H groups in total. The predicted molar refractivity (Wildman–Crippen MR) is 139 cm³/mol. The molecule has 0 aliphatic heterocycles. The fraction of sp³-hybridized carbons (Fsp3) is 0.483. The van der Waals surface area contributed by atoms with Crippen LogP contribution < -0.4 is 15.6 Å². The first-order chi connectivity index (χ1) is 18.5. The van der Waals surface area contributed by atoms with Gasteiger partial charge in [0.2, 0.25) is 5.43 Å². The van der Waals surface area contributed by atoms with Crippen LogP contribution in [0.2, 0.25) is 0 Å². The van der Waals surface area contributed by atoms with Crippen molar-refractivity contribution in [3.8, 4) is 5.69 Å². The van der Waals surface area contributed by atoms with Gasteiger partial charge < -0.3 is 10.2 Å². The molecular formula is C29H30F4N4O2. The molecule has 1 aromatic carbocycles. The predicted octanol–water partition coefficient (Wildman–Crippen LogP) is 5.31. The van der Waals surface area contributed by atoms with E-state index in [1.807, 2.05) is 6.92 Å². The lowest BCUT2D eigenvalue weighted by Crippen LogP contribution is -2.51. The number of hydrogen-bond donors (Lipinski definition) is 1. The first-order valence-corrected chi connectivity index (χ1v) is 13.3. The summed E-state index contributed by atoms with van der Waals surface area (Å²) in [5.74, 6) is 0.523. The van der Waals surface area contributed by atoms with Gasteiger partial charge in [-0.2, -0.15) is 0 Å². The van der Waals surface area contributed by atoms with Gasteiger partial charge in [-0.3, -0.25) is 14.2 Å². The molecule has 3 saturated carbocycles. The Labute approximate surface area is 223 Å². The highest BCUT2D eigenvalue weighted by molar-refractivity contribution is 5.97. The van der Waals surface area contributed by atoms with Gasteiger partial charge in [0.25, 0.3) is 12.3 Å². The lowest BCUT2D eigenvalue weighted by molar-refractivity contribution is 0.0570. The number of carbonyl (C=O) groups is 1. The summed E-state index contributed by atoms with van der Waals surface area (Å²) < 4.78 is 55.9. The van der Waals surface area contributed by atoms with Crippen LogP contribution in [0.5, 0.6) is 0 Å². The molecule has 0 saturated heterocycles. The van der Waals surface area contributed by atoms with Crippen LogP contribution in [0.1, 0.15) is 49.4 Å². The number of halogens is 4.